The molecule has 0 N–H and O–H groups in total. The molecule has 0 aliphatic carbocycles. The number of amides is 2. The van der Waals surface area contributed by atoms with Crippen LogP contribution < -0.4 is 9.47 Å². The van der Waals surface area contributed by atoms with Crippen molar-refractivity contribution in [3.05, 3.63) is 82.6 Å². The van der Waals surface area contributed by atoms with Crippen molar-refractivity contribution in [2.45, 2.75) is 26.9 Å². The molecule has 0 atom stereocenters. The van der Waals surface area contributed by atoms with Crippen molar-refractivity contribution in [2.75, 3.05) is 47.6 Å². The van der Waals surface area contributed by atoms with Gasteiger partial charge < -0.3 is 28.6 Å². The third-order valence-corrected chi connectivity index (χ3v) is 6.66. The van der Waals surface area contributed by atoms with E-state index in [1.54, 1.807) is 25.3 Å². The van der Waals surface area contributed by atoms with Crippen molar-refractivity contribution in [1.29, 1.82) is 0 Å². The Bertz CT molecular complexity index is 1220. The van der Waals surface area contributed by atoms with Gasteiger partial charge in [0.05, 0.1) is 27.4 Å². The minimum Gasteiger partial charge on any atom is -0.497 e. The zero-order valence-electron chi connectivity index (χ0n) is 23.4. The molecule has 39 heavy (non-hydrogen) atoms. The normalized spacial score (nSPS) is 10.9. The second-order valence-electron chi connectivity index (χ2n) is 9.71. The number of rotatable bonds is 14. The molecule has 2 amide bonds. The highest BCUT2D eigenvalue weighted by Gasteiger charge is 2.24. The van der Waals surface area contributed by atoms with E-state index in [0.29, 0.717) is 48.3 Å². The van der Waals surface area contributed by atoms with Crippen molar-refractivity contribution in [1.82, 2.24) is 14.4 Å². The van der Waals surface area contributed by atoms with E-state index < -0.39 is 0 Å². The predicted octanol–water partition coefficient (Wildman–Crippen LogP) is 4.98. The summed E-state index contributed by atoms with van der Waals surface area (Å²) >= 11 is 6.39. The van der Waals surface area contributed by atoms with Gasteiger partial charge in [-0.3, -0.25) is 9.59 Å². The minimum absolute atomic E-state index is 0.0837. The number of ether oxygens (including phenoxy) is 3. The Morgan fingerprint density at radius 3 is 2.26 bits per heavy atom. The van der Waals surface area contributed by atoms with Crippen molar-refractivity contribution < 1.29 is 23.8 Å². The zero-order valence-corrected chi connectivity index (χ0v) is 24.1. The molecule has 0 unspecified atom stereocenters. The first-order valence-corrected chi connectivity index (χ1v) is 13.3. The van der Waals surface area contributed by atoms with Crippen LogP contribution in [0.1, 0.15) is 35.5 Å². The monoisotopic (exact) mass is 555 g/mol. The van der Waals surface area contributed by atoms with Gasteiger partial charge in [-0.1, -0.05) is 43.6 Å². The van der Waals surface area contributed by atoms with E-state index in [1.165, 1.54) is 19.1 Å². The lowest BCUT2D eigenvalue weighted by Gasteiger charge is -2.29. The molecule has 0 fully saturated rings. The molecule has 1 aromatic heterocycles. The summed E-state index contributed by atoms with van der Waals surface area (Å²) in [6, 6.07) is 16.7. The van der Waals surface area contributed by atoms with Crippen LogP contribution in [0.3, 0.4) is 0 Å². The van der Waals surface area contributed by atoms with Crippen molar-refractivity contribution in [3.8, 4) is 11.5 Å². The third kappa shape index (κ3) is 8.50. The summed E-state index contributed by atoms with van der Waals surface area (Å²) in [7, 11) is 4.62. The molecule has 3 aromatic rings. The number of hydrogen-bond acceptors (Lipinski definition) is 5. The van der Waals surface area contributed by atoms with Crippen LogP contribution in [0.5, 0.6) is 11.5 Å². The van der Waals surface area contributed by atoms with Crippen molar-refractivity contribution >= 4 is 23.4 Å². The number of hydrogen-bond donors (Lipinski definition) is 0. The molecule has 3 rings (SSSR count). The number of halogens is 1. The molecule has 0 saturated carbocycles. The first-order chi connectivity index (χ1) is 18.7. The van der Waals surface area contributed by atoms with E-state index in [0.717, 1.165) is 11.3 Å². The maximum atomic E-state index is 13.7. The van der Waals surface area contributed by atoms with Crippen LogP contribution in [0.4, 0.5) is 0 Å². The van der Waals surface area contributed by atoms with Gasteiger partial charge in [-0.2, -0.15) is 0 Å². The van der Waals surface area contributed by atoms with Crippen LogP contribution >= 0.6 is 11.6 Å². The molecule has 0 aliphatic rings. The highest BCUT2D eigenvalue weighted by atomic mass is 35.5. The van der Waals surface area contributed by atoms with Crippen LogP contribution in [-0.2, 0) is 22.6 Å². The molecule has 210 valence electrons. The summed E-state index contributed by atoms with van der Waals surface area (Å²) in [6.07, 6.45) is 1.99. The van der Waals surface area contributed by atoms with Crippen LogP contribution in [0, 0.1) is 5.92 Å². The SMILES string of the molecule is COCCN(CC(=O)N(Cc1cccn1Cc1ccccc1Cl)CC(C)C)C(=O)c1cc(OC)cc(OC)c1. The number of nitrogens with zero attached hydrogens (tertiary/aromatic N) is 3. The number of benzene rings is 2. The second-order valence-corrected chi connectivity index (χ2v) is 10.1. The van der Waals surface area contributed by atoms with E-state index in [9.17, 15) is 9.59 Å². The summed E-state index contributed by atoms with van der Waals surface area (Å²) in [6.45, 7) is 6.17. The Morgan fingerprint density at radius 1 is 0.949 bits per heavy atom. The Balaban J connectivity index is 1.82. The van der Waals surface area contributed by atoms with Gasteiger partial charge in [0.1, 0.15) is 18.0 Å². The third-order valence-electron chi connectivity index (χ3n) is 6.29. The van der Waals surface area contributed by atoms with Gasteiger partial charge in [-0.05, 0) is 41.8 Å². The van der Waals surface area contributed by atoms with Gasteiger partial charge >= 0.3 is 0 Å². The molecule has 0 aliphatic heterocycles. The predicted molar refractivity (Wildman–Crippen MR) is 153 cm³/mol. The standard InChI is InChI=1S/C30H38ClN3O5/c1-22(2)18-34(20-25-10-8-12-32(25)19-23-9-6-7-11-28(23)31)29(35)21-33(13-14-37-3)30(36)24-15-26(38-4)17-27(16-24)39-5/h6-12,15-17,22H,13-14,18-21H2,1-5H3. The average molecular weight is 556 g/mol. The average Bonchev–Trinajstić information content (AvgIpc) is 3.37. The van der Waals surface area contributed by atoms with E-state index in [-0.39, 0.29) is 30.8 Å². The first-order valence-electron chi connectivity index (χ1n) is 12.9. The van der Waals surface area contributed by atoms with Gasteiger partial charge in [0.2, 0.25) is 5.91 Å². The lowest BCUT2D eigenvalue weighted by Crippen LogP contribution is -2.45. The molecule has 0 saturated heterocycles. The highest BCUT2D eigenvalue weighted by Crippen LogP contribution is 2.24. The van der Waals surface area contributed by atoms with E-state index in [1.807, 2.05) is 47.5 Å². The topological polar surface area (TPSA) is 73.2 Å². The maximum Gasteiger partial charge on any atom is 0.254 e. The van der Waals surface area contributed by atoms with E-state index in [4.69, 9.17) is 25.8 Å². The molecular formula is C30H38ClN3O5. The van der Waals surface area contributed by atoms with Gasteiger partial charge in [0.25, 0.3) is 5.91 Å². The van der Waals surface area contributed by atoms with Crippen molar-refractivity contribution in [2.24, 2.45) is 5.92 Å². The molecule has 0 spiro atoms. The van der Waals surface area contributed by atoms with Gasteiger partial charge in [0, 0.05) is 55.3 Å². The van der Waals surface area contributed by atoms with E-state index in [2.05, 4.69) is 18.4 Å². The summed E-state index contributed by atoms with van der Waals surface area (Å²) in [5.74, 6) is 0.789. The largest absolute Gasteiger partial charge is 0.497 e. The summed E-state index contributed by atoms with van der Waals surface area (Å²) < 4.78 is 18.0. The summed E-state index contributed by atoms with van der Waals surface area (Å²) in [4.78, 5) is 30.6. The summed E-state index contributed by atoms with van der Waals surface area (Å²) in [5, 5.41) is 0.703. The van der Waals surface area contributed by atoms with Crippen LogP contribution in [-0.4, -0.2) is 73.8 Å². The number of carbonyl (C=O) groups excluding carboxylic acids is 2. The van der Waals surface area contributed by atoms with Crippen LogP contribution in [0.2, 0.25) is 5.02 Å². The van der Waals surface area contributed by atoms with Crippen molar-refractivity contribution in [3.63, 3.8) is 0 Å². The lowest BCUT2D eigenvalue weighted by atomic mass is 10.1. The van der Waals surface area contributed by atoms with Crippen LogP contribution in [0.15, 0.2) is 60.8 Å². The Hall–Kier alpha value is -3.49. The van der Waals surface area contributed by atoms with Crippen LogP contribution in [0.25, 0.3) is 0 Å². The number of methoxy groups -OCH3 is 3. The quantitative estimate of drug-likeness (QED) is 0.280. The maximum absolute atomic E-state index is 13.7. The fourth-order valence-corrected chi connectivity index (χ4v) is 4.47. The number of aromatic nitrogens is 1. The highest BCUT2D eigenvalue weighted by molar-refractivity contribution is 6.31. The molecule has 0 bridgehead atoms. The lowest BCUT2D eigenvalue weighted by molar-refractivity contribution is -0.133. The zero-order chi connectivity index (χ0) is 28.4. The fraction of sp³-hybridized carbons (Fsp3) is 0.400. The van der Waals surface area contributed by atoms with Gasteiger partial charge in [-0.25, -0.2) is 0 Å². The number of carbonyl (C=O) groups is 2. The molecule has 0 radical (unpaired) electrons. The Kier molecular flexibility index (Phi) is 11.3. The smallest absolute Gasteiger partial charge is 0.254 e. The second kappa shape index (κ2) is 14.6. The molecule has 1 heterocycles. The summed E-state index contributed by atoms with van der Waals surface area (Å²) in [5.41, 5.74) is 2.36. The van der Waals surface area contributed by atoms with E-state index >= 15 is 0 Å². The minimum atomic E-state index is -0.302. The molecule has 9 heteroatoms. The molecule has 8 nitrogen and oxygen atoms in total. The Morgan fingerprint density at radius 2 is 1.64 bits per heavy atom. The van der Waals surface area contributed by atoms with Gasteiger partial charge in [-0.15, -0.1) is 0 Å². The Labute approximate surface area is 236 Å². The molecular weight excluding hydrogens is 518 g/mol. The fourth-order valence-electron chi connectivity index (χ4n) is 4.28. The first kappa shape index (κ1) is 30.1. The molecule has 2 aromatic carbocycles. The van der Waals surface area contributed by atoms with Gasteiger partial charge in [0.15, 0.2) is 0 Å².